The molecule has 0 aliphatic rings. The predicted molar refractivity (Wildman–Crippen MR) is 125 cm³/mol. The Morgan fingerprint density at radius 2 is 1.46 bits per heavy atom. The Balaban J connectivity index is 0.000000220. The van der Waals surface area contributed by atoms with Gasteiger partial charge in [-0.1, -0.05) is 0 Å². The minimum Gasteiger partial charge on any atom is -0.476 e. The van der Waals surface area contributed by atoms with Crippen molar-refractivity contribution < 1.29 is 39.2 Å². The number of carboxylic acids is 2. The lowest BCUT2D eigenvalue weighted by molar-refractivity contribution is -0.384. The second-order valence-electron chi connectivity index (χ2n) is 8.37. The summed E-state index contributed by atoms with van der Waals surface area (Å²) in [6, 6.07) is 7.38. The molecule has 0 amide bonds. The van der Waals surface area contributed by atoms with Crippen LogP contribution in [0.1, 0.15) is 41.7 Å². The lowest BCUT2D eigenvalue weighted by atomic mass is 10.2. The Kier molecular flexibility index (Phi) is 6.86. The molecule has 4 aromatic rings. The van der Waals surface area contributed by atoms with Gasteiger partial charge in [0, 0.05) is 35.0 Å². The molecule has 192 valence electrons. The highest BCUT2D eigenvalue weighted by molar-refractivity contribution is 6.04. The van der Waals surface area contributed by atoms with Gasteiger partial charge >= 0.3 is 18.0 Å². The lowest BCUT2D eigenvalue weighted by Gasteiger charge is -2.19. The number of non-ortho nitro benzene ring substituents is 2. The molecular weight excluding hydrogens is 496 g/mol. The van der Waals surface area contributed by atoms with Crippen molar-refractivity contribution in [2.45, 2.75) is 26.4 Å². The van der Waals surface area contributed by atoms with E-state index in [4.69, 9.17) is 14.9 Å². The maximum Gasteiger partial charge on any atom is 0.435 e. The van der Waals surface area contributed by atoms with Gasteiger partial charge in [0.25, 0.3) is 11.4 Å². The highest BCUT2D eigenvalue weighted by atomic mass is 16.6. The molecule has 4 rings (SSSR count). The molecule has 2 aromatic carbocycles. The van der Waals surface area contributed by atoms with E-state index in [1.807, 2.05) is 0 Å². The Morgan fingerprint density at radius 1 is 0.919 bits per heavy atom. The van der Waals surface area contributed by atoms with Crippen molar-refractivity contribution in [3.05, 3.63) is 68.0 Å². The van der Waals surface area contributed by atoms with Crippen molar-refractivity contribution in [2.75, 3.05) is 0 Å². The van der Waals surface area contributed by atoms with E-state index >= 15 is 0 Å². The van der Waals surface area contributed by atoms with E-state index in [0.717, 1.165) is 16.8 Å². The molecule has 0 radical (unpaired) electrons. The number of benzene rings is 2. The van der Waals surface area contributed by atoms with Crippen molar-refractivity contribution in [1.29, 1.82) is 0 Å². The minimum atomic E-state index is -1.40. The number of aromatic carboxylic acids is 2. The Labute approximate surface area is 205 Å². The third-order valence-electron chi connectivity index (χ3n) is 4.60. The van der Waals surface area contributed by atoms with Gasteiger partial charge in [-0.15, -0.1) is 0 Å². The molecular formula is C21H18N6O10. The van der Waals surface area contributed by atoms with Gasteiger partial charge in [0.15, 0.2) is 11.4 Å². The summed E-state index contributed by atoms with van der Waals surface area (Å²) in [5.74, 6) is -2.62. The summed E-state index contributed by atoms with van der Waals surface area (Å²) in [7, 11) is 0. The van der Waals surface area contributed by atoms with Gasteiger partial charge in [-0.2, -0.15) is 14.9 Å². The number of hydrogen-bond donors (Lipinski definition) is 3. The molecule has 0 saturated heterocycles. The van der Waals surface area contributed by atoms with Crippen LogP contribution in [0.4, 0.5) is 16.2 Å². The van der Waals surface area contributed by atoms with E-state index in [0.29, 0.717) is 5.52 Å². The van der Waals surface area contributed by atoms with Crippen LogP contribution in [0, 0.1) is 20.2 Å². The van der Waals surface area contributed by atoms with Gasteiger partial charge in [0.05, 0.1) is 20.9 Å². The number of aromatic nitrogens is 4. The van der Waals surface area contributed by atoms with Gasteiger partial charge < -0.3 is 14.9 Å². The van der Waals surface area contributed by atoms with Gasteiger partial charge in [0.2, 0.25) is 0 Å². The zero-order valence-electron chi connectivity index (χ0n) is 19.4. The maximum atomic E-state index is 12.1. The largest absolute Gasteiger partial charge is 0.476 e. The third kappa shape index (κ3) is 5.64. The molecule has 0 bridgehead atoms. The van der Waals surface area contributed by atoms with Crippen LogP contribution in [0.25, 0.3) is 21.8 Å². The molecule has 0 unspecified atom stereocenters. The van der Waals surface area contributed by atoms with Crippen molar-refractivity contribution in [3.8, 4) is 0 Å². The highest BCUT2D eigenvalue weighted by Gasteiger charge is 2.25. The number of carboxylic acid groups (broad SMARTS) is 2. The number of carbonyl (C=O) groups excluding carboxylic acids is 1. The maximum absolute atomic E-state index is 12.1. The molecule has 3 N–H and O–H groups in total. The number of hydrogen-bond acceptors (Lipinski definition) is 10. The van der Waals surface area contributed by atoms with Gasteiger partial charge in [0.1, 0.15) is 5.60 Å². The van der Waals surface area contributed by atoms with Crippen molar-refractivity contribution in [3.63, 3.8) is 0 Å². The summed E-state index contributed by atoms with van der Waals surface area (Å²) < 4.78 is 5.92. The predicted octanol–water partition coefficient (Wildman–Crippen LogP) is 3.60. The molecule has 2 heterocycles. The number of H-pyrrole nitrogens is 1. The van der Waals surface area contributed by atoms with Gasteiger partial charge in [-0.25, -0.2) is 14.4 Å². The molecule has 16 nitrogen and oxygen atoms in total. The molecule has 37 heavy (non-hydrogen) atoms. The number of ether oxygens (including phenoxy) is 1. The fourth-order valence-corrected chi connectivity index (χ4v) is 3.10. The van der Waals surface area contributed by atoms with Crippen LogP contribution >= 0.6 is 0 Å². The number of aromatic amines is 1. The van der Waals surface area contributed by atoms with Crippen LogP contribution in [0.2, 0.25) is 0 Å². The summed E-state index contributed by atoms with van der Waals surface area (Å²) in [4.78, 5) is 54.0. The second kappa shape index (κ2) is 9.68. The van der Waals surface area contributed by atoms with E-state index in [2.05, 4.69) is 15.3 Å². The first kappa shape index (κ1) is 26.2. The first-order chi connectivity index (χ1) is 17.2. The zero-order chi connectivity index (χ0) is 27.7. The fraction of sp³-hybridized carbons (Fsp3) is 0.190. The van der Waals surface area contributed by atoms with Crippen LogP contribution < -0.4 is 0 Å². The van der Waals surface area contributed by atoms with E-state index < -0.39 is 39.2 Å². The number of nitro benzene ring substituents is 2. The number of fused-ring (bicyclic) bond motifs is 2. The first-order valence-corrected chi connectivity index (χ1v) is 10.2. The average Bonchev–Trinajstić information content (AvgIpc) is 3.39. The summed E-state index contributed by atoms with van der Waals surface area (Å²) in [5.41, 5.74) is -1.34. The van der Waals surface area contributed by atoms with E-state index in [9.17, 15) is 34.6 Å². The van der Waals surface area contributed by atoms with Crippen LogP contribution in [-0.2, 0) is 4.74 Å². The number of nitrogens with one attached hydrogen (secondary N) is 1. The van der Waals surface area contributed by atoms with Crippen molar-refractivity contribution >= 4 is 51.2 Å². The Bertz CT molecular complexity index is 1580. The van der Waals surface area contributed by atoms with E-state index in [1.165, 1.54) is 24.3 Å². The van der Waals surface area contributed by atoms with Crippen LogP contribution in [-0.4, -0.2) is 63.7 Å². The molecule has 0 fully saturated rings. The van der Waals surface area contributed by atoms with E-state index in [1.54, 1.807) is 20.8 Å². The topological polar surface area (TPSA) is 234 Å². The summed E-state index contributed by atoms with van der Waals surface area (Å²) in [6.07, 6.45) is -0.862. The number of nitrogens with zero attached hydrogens (tertiary/aromatic N) is 5. The summed E-state index contributed by atoms with van der Waals surface area (Å²) in [5, 5.41) is 49.1. The average molecular weight is 514 g/mol. The first-order valence-electron chi connectivity index (χ1n) is 10.2. The van der Waals surface area contributed by atoms with Crippen LogP contribution in [0.3, 0.4) is 0 Å². The van der Waals surface area contributed by atoms with Crippen LogP contribution in [0.15, 0.2) is 36.4 Å². The number of nitro groups is 2. The highest BCUT2D eigenvalue weighted by Crippen LogP contribution is 2.25. The Morgan fingerprint density at radius 3 is 1.97 bits per heavy atom. The normalized spacial score (nSPS) is 11.0. The molecule has 0 aliphatic heterocycles. The van der Waals surface area contributed by atoms with E-state index in [-0.39, 0.29) is 33.4 Å². The molecule has 0 spiro atoms. The minimum absolute atomic E-state index is 0.00689. The number of rotatable bonds is 4. The standard InChI is InChI=1S/C13H13N3O6.C8H5N3O4/c1-13(2,3)22-12(19)15-9-5-4-7(16(20)21)6-8(9)10(14-15)11(17)18;12-8(13)7-5-3-4(11(14)15)1-2-6(5)9-10-7/h4-6H,1-3H3,(H,17,18);1-3H,(H,9,10)(H,12,13). The molecule has 0 aliphatic carbocycles. The summed E-state index contributed by atoms with van der Waals surface area (Å²) in [6.45, 7) is 4.96. The number of carbonyl (C=O) groups is 3. The Hall–Kier alpha value is -5.41. The van der Waals surface area contributed by atoms with Crippen molar-refractivity contribution in [2.24, 2.45) is 0 Å². The van der Waals surface area contributed by atoms with Gasteiger partial charge in [-0.3, -0.25) is 25.3 Å². The zero-order valence-corrected chi connectivity index (χ0v) is 19.4. The molecule has 0 saturated carbocycles. The van der Waals surface area contributed by atoms with Crippen molar-refractivity contribution in [1.82, 2.24) is 20.0 Å². The fourth-order valence-electron chi connectivity index (χ4n) is 3.10. The summed E-state index contributed by atoms with van der Waals surface area (Å²) >= 11 is 0. The molecule has 2 aromatic heterocycles. The van der Waals surface area contributed by atoms with Gasteiger partial charge in [-0.05, 0) is 32.9 Å². The second-order valence-corrected chi connectivity index (χ2v) is 8.37. The smallest absolute Gasteiger partial charge is 0.435 e. The molecule has 16 heteroatoms. The third-order valence-corrected chi connectivity index (χ3v) is 4.60. The quantitative estimate of drug-likeness (QED) is 0.262. The van der Waals surface area contributed by atoms with Crippen LogP contribution in [0.5, 0.6) is 0 Å². The SMILES string of the molecule is CC(C)(C)OC(=O)n1nc(C(=O)O)c2cc([N+](=O)[O-])ccc21.O=C(O)c1n[nH]c2ccc([N+](=O)[O-])cc12. The molecule has 0 atom stereocenters. The lowest BCUT2D eigenvalue weighted by Crippen LogP contribution is -2.27. The monoisotopic (exact) mass is 514 g/mol.